The molecule has 0 saturated carbocycles. The van der Waals surface area contributed by atoms with Crippen LogP contribution < -0.4 is 120 Å². The number of nitrogens with zero attached hydrogens (tertiary/aromatic N) is 15. The second kappa shape index (κ2) is 31.3. The number of pyridine rings is 11. The maximum Gasteiger partial charge on any atom is 0.409 e. The molecule has 0 unspecified atom stereocenters. The Morgan fingerprint density at radius 2 is 0.612 bits per heavy atom. The van der Waals surface area contributed by atoms with Gasteiger partial charge >= 0.3 is 33.6 Å². The third-order valence-electron chi connectivity index (χ3n) is 25.9. The van der Waals surface area contributed by atoms with Gasteiger partial charge in [-0.2, -0.15) is 11.6 Å². The fourth-order valence-corrected chi connectivity index (χ4v) is 21.2. The third-order valence-corrected chi connectivity index (χ3v) is 25.9. The number of hydrogen-bond acceptors (Lipinski definition) is 7. The Hall–Kier alpha value is -10.2. The van der Waals surface area contributed by atoms with E-state index in [1.165, 1.54) is 189 Å². The van der Waals surface area contributed by atoms with E-state index in [1.807, 2.05) is 56.5 Å². The zero-order valence-electron chi connectivity index (χ0n) is 67.6. The second-order valence-corrected chi connectivity index (χ2v) is 32.6. The van der Waals surface area contributed by atoms with Crippen LogP contribution in [0.3, 0.4) is 0 Å². The van der Waals surface area contributed by atoms with Crippen molar-refractivity contribution in [1.29, 1.82) is 0 Å². The summed E-state index contributed by atoms with van der Waals surface area (Å²) in [5, 5.41) is 0. The Labute approximate surface area is 731 Å². The number of benzene rings is 2. The summed E-state index contributed by atoms with van der Waals surface area (Å²) in [6.07, 6.45) is 49.6. The van der Waals surface area contributed by atoms with Crippen LogP contribution in [-0.2, 0) is 180 Å². The van der Waals surface area contributed by atoms with E-state index in [9.17, 15) is 0 Å². The van der Waals surface area contributed by atoms with Crippen LogP contribution in [0.5, 0.6) is 0 Å². The number of aromatic nitrogens is 15. The van der Waals surface area contributed by atoms with Crippen LogP contribution in [0.4, 0.5) is 0 Å². The quantitative estimate of drug-likeness (QED) is 0.0963. The van der Waals surface area contributed by atoms with Crippen molar-refractivity contribution in [1.82, 2.24) is 34.9 Å². The van der Waals surface area contributed by atoms with Gasteiger partial charge in [0, 0.05) is 217 Å². The molecule has 0 fully saturated rings. The minimum Gasteiger partial charge on any atom is -0.304 e. The SMILES string of the molecule is C[n+]1ccc[c-]c1B1c2[c-]cncc2Cc2cnc[n+](C)c21.C[n+]1cccc2c1B1c3c(cncc3Cc3ccc[n+](C)c31)C2.C[n+]1cccc2c1B1c3c(cncc3Cc3ncc[n+](C)c31)C2.Cc1cccc2c1B1c3c(cncc3Cc3ccc[n+](C)c31)C2.Cc1cccc2c1B1c3c(cncc3Cc3ccc[n+](C)c31)C2.[Y].[Y]. The van der Waals surface area contributed by atoms with E-state index in [0.717, 1.165) is 63.4 Å². The topological polar surface area (TPSA) is 121 Å². The minimum absolute atomic E-state index is 0. The van der Waals surface area contributed by atoms with E-state index in [1.54, 1.807) is 6.20 Å². The van der Waals surface area contributed by atoms with Crippen LogP contribution in [0.25, 0.3) is 0 Å². The van der Waals surface area contributed by atoms with E-state index in [2.05, 4.69) is 324 Å². The zero-order chi connectivity index (χ0) is 77.3. The number of aryl methyl sites for hydroxylation is 10. The molecule has 0 amide bonds. The summed E-state index contributed by atoms with van der Waals surface area (Å²) in [5.74, 6) is 0. The van der Waals surface area contributed by atoms with E-state index in [-0.39, 0.29) is 78.8 Å². The summed E-state index contributed by atoms with van der Waals surface area (Å²) >= 11 is 0. The van der Waals surface area contributed by atoms with Gasteiger partial charge in [0.25, 0.3) is 6.33 Å². The molecule has 116 heavy (non-hydrogen) atoms. The molecule has 22 heteroatoms. The van der Waals surface area contributed by atoms with Crippen molar-refractivity contribution < 1.29 is 102 Å². The van der Waals surface area contributed by atoms with Gasteiger partial charge in [-0.3, -0.25) is 19.9 Å². The van der Waals surface area contributed by atoms with Crippen LogP contribution >= 0.6 is 0 Å². The molecule has 15 nitrogen and oxygen atoms in total. The van der Waals surface area contributed by atoms with Crippen molar-refractivity contribution in [2.45, 2.75) is 71.6 Å². The van der Waals surface area contributed by atoms with Crippen LogP contribution in [0.1, 0.15) is 111 Å². The van der Waals surface area contributed by atoms with Gasteiger partial charge in [0.15, 0.2) is 59.6 Å². The summed E-state index contributed by atoms with van der Waals surface area (Å²) in [6, 6.07) is 46.2. The summed E-state index contributed by atoms with van der Waals surface area (Å²) < 4.78 is 18.0. The molecule has 0 spiro atoms. The van der Waals surface area contributed by atoms with Gasteiger partial charge in [-0.1, -0.05) is 93.2 Å². The van der Waals surface area contributed by atoms with Gasteiger partial charge in [-0.15, -0.1) is 6.07 Å². The van der Waals surface area contributed by atoms with Crippen LogP contribution in [-0.4, -0.2) is 68.5 Å². The van der Waals surface area contributed by atoms with E-state index >= 15 is 0 Å². The molecule has 13 aromatic heterocycles. The van der Waals surface area contributed by atoms with E-state index in [0.29, 0.717) is 20.1 Å². The molecular formula is C94H86B5N15Y2+6. The van der Waals surface area contributed by atoms with Crippen LogP contribution in [0.15, 0.2) is 233 Å². The fourth-order valence-electron chi connectivity index (χ4n) is 21.2. The van der Waals surface area contributed by atoms with Gasteiger partial charge in [0.05, 0.1) is 30.6 Å². The third kappa shape index (κ3) is 13.1. The van der Waals surface area contributed by atoms with Gasteiger partial charge < -0.3 is 4.98 Å². The first-order valence-corrected chi connectivity index (χ1v) is 39.9. The monoisotopic (exact) mass is 1660 g/mol. The standard InChI is InChI=1S/2C20H18BN2.C19H18BN3.C18H17BN4.C17H15BN4.2Y/c2*1-13-5-3-6-14-9-16-11-22-12-17-10-15-7-4-8-23(2)20(15)21(18(13)14)19(16)17;1-22-7-3-5-13-9-15-11-21-12-16-10-14-6-4-8-23(2)19(14)20(17(15)16)18(13)22;1-22-6-3-4-12-8-13-10-20-11-14-9-15-18(23(2)7-5-21-15)19(16(13)14)17(12)22;1-21-8-4-3-5-16(21)18-15-6-7-19-10-13(15)9-14-11-20-12-22(2)17(14)18;;/h3*3-8,11-12H,9-10H2,1-2H3;3-7,10-11H,8-9H2,1-2H3;3-4,7-8,10-12H,9H2,1-2H3;;/q2*+1;2*+2;;;. The Balaban J connectivity index is 0.0000000999. The summed E-state index contributed by atoms with van der Waals surface area (Å²) in [6.45, 7) is 5.86. The first-order valence-electron chi connectivity index (χ1n) is 39.9. The van der Waals surface area contributed by atoms with Crippen molar-refractivity contribution in [2.24, 2.45) is 56.4 Å². The van der Waals surface area contributed by atoms with Crippen molar-refractivity contribution >= 4 is 117 Å². The van der Waals surface area contributed by atoms with Crippen molar-refractivity contribution in [3.63, 3.8) is 0 Å². The predicted molar refractivity (Wildman–Crippen MR) is 446 cm³/mol. The molecule has 0 saturated heterocycles. The first-order chi connectivity index (χ1) is 55.7. The smallest absolute Gasteiger partial charge is 0.304 e. The average Bonchev–Trinajstić information content (AvgIpc) is 0.742. The molecule has 2 radical (unpaired) electrons. The molecule has 0 N–H and O–H groups in total. The van der Waals surface area contributed by atoms with Gasteiger partial charge in [0.1, 0.15) is 72.4 Å². The Morgan fingerprint density at radius 3 is 1.04 bits per heavy atom. The molecule has 9 aliphatic rings. The van der Waals surface area contributed by atoms with Gasteiger partial charge in [-0.05, 0) is 124 Å². The van der Waals surface area contributed by atoms with Crippen molar-refractivity contribution in [2.75, 3.05) is 0 Å². The number of hydrogen-bond donors (Lipinski definition) is 0. The Bertz CT molecular complexity index is 5470. The number of fused-ring (bicyclic) bond motifs is 18. The number of rotatable bonds is 1. The second-order valence-electron chi connectivity index (χ2n) is 32.6. The molecule has 0 atom stereocenters. The molecular weight excluding hydrogens is 1570 g/mol. The van der Waals surface area contributed by atoms with Crippen LogP contribution in [0.2, 0.25) is 0 Å². The molecule has 2 aromatic carbocycles. The fraction of sp³-hybridized carbons (Fsp3) is 0.202. The maximum atomic E-state index is 4.68. The largest absolute Gasteiger partial charge is 0.409 e. The Kier molecular flexibility index (Phi) is 20.8. The minimum atomic E-state index is 0. The van der Waals surface area contributed by atoms with Crippen molar-refractivity contribution in [3.8, 4) is 0 Å². The molecule has 552 valence electrons. The summed E-state index contributed by atoms with van der Waals surface area (Å²) in [7, 11) is 17.1. The predicted octanol–water partition coefficient (Wildman–Crippen LogP) is -3.27. The normalized spacial score (nSPS) is 13.6. The van der Waals surface area contributed by atoms with E-state index < -0.39 is 0 Å². The average molecular weight is 1660 g/mol. The molecule has 22 heterocycles. The summed E-state index contributed by atoms with van der Waals surface area (Å²) in [4.78, 5) is 31.3. The zero-order valence-corrected chi connectivity index (χ0v) is 73.2. The van der Waals surface area contributed by atoms with Crippen LogP contribution in [0, 0.1) is 26.0 Å². The molecule has 0 aliphatic carbocycles. The summed E-state index contributed by atoms with van der Waals surface area (Å²) in [5.41, 5.74) is 48.5. The van der Waals surface area contributed by atoms with E-state index in [4.69, 9.17) is 0 Å². The molecule has 15 aromatic rings. The molecule has 24 rings (SSSR count). The molecule has 9 aliphatic heterocycles. The maximum absolute atomic E-state index is 4.68. The van der Waals surface area contributed by atoms with Gasteiger partial charge in [-0.25, -0.2) is 59.1 Å². The molecule has 0 bridgehead atoms. The first kappa shape index (κ1) is 77.0. The van der Waals surface area contributed by atoms with Crippen molar-refractivity contribution in [3.05, 3.63) is 357 Å². The van der Waals surface area contributed by atoms with Gasteiger partial charge in [0.2, 0.25) is 0 Å². The Morgan fingerprint density at radius 1 is 0.276 bits per heavy atom.